The molecule has 27 heavy (non-hydrogen) atoms. The zero-order valence-electron chi connectivity index (χ0n) is 17.0. The zero-order chi connectivity index (χ0) is 20.4. The van der Waals surface area contributed by atoms with E-state index in [1.165, 1.54) is 4.90 Å². The van der Waals surface area contributed by atoms with Crippen molar-refractivity contribution in [2.45, 2.75) is 20.4 Å². The van der Waals surface area contributed by atoms with Crippen LogP contribution in [0.3, 0.4) is 0 Å². The molecule has 0 aliphatic carbocycles. The van der Waals surface area contributed by atoms with Crippen molar-refractivity contribution < 1.29 is 14.3 Å². The first-order chi connectivity index (χ1) is 12.7. The maximum atomic E-state index is 12.0. The smallest absolute Gasteiger partial charge is 0.241 e. The Morgan fingerprint density at radius 2 is 1.78 bits per heavy atom. The fourth-order valence-electron chi connectivity index (χ4n) is 2.12. The molecule has 2 amide bonds. The van der Waals surface area contributed by atoms with E-state index >= 15 is 0 Å². The van der Waals surface area contributed by atoms with E-state index in [1.807, 2.05) is 38.1 Å². The lowest BCUT2D eigenvalue weighted by atomic mass is 9.92. The van der Waals surface area contributed by atoms with Gasteiger partial charge in [0.1, 0.15) is 5.75 Å². The number of carbonyl (C=O) groups excluding carboxylic acids is 2. The molecule has 0 atom stereocenters. The number of hydrogen-bond acceptors (Lipinski definition) is 4. The van der Waals surface area contributed by atoms with Crippen molar-refractivity contribution in [3.05, 3.63) is 29.8 Å². The normalized spacial score (nSPS) is 11.6. The van der Waals surface area contributed by atoms with Crippen LogP contribution in [-0.4, -0.2) is 64.0 Å². The molecule has 0 spiro atoms. The molecule has 1 aromatic rings. The minimum atomic E-state index is -0.622. The summed E-state index contributed by atoms with van der Waals surface area (Å²) in [6.45, 7) is 4.59. The average Bonchev–Trinajstić information content (AvgIpc) is 2.66. The van der Waals surface area contributed by atoms with Crippen LogP contribution in [0.15, 0.2) is 29.3 Å². The summed E-state index contributed by atoms with van der Waals surface area (Å²) in [6.07, 6.45) is 0. The highest BCUT2D eigenvalue weighted by atomic mass is 16.5. The Labute approximate surface area is 161 Å². The second-order valence-corrected chi connectivity index (χ2v) is 6.97. The van der Waals surface area contributed by atoms with Crippen molar-refractivity contribution in [3.63, 3.8) is 0 Å². The van der Waals surface area contributed by atoms with Gasteiger partial charge in [-0.25, -0.2) is 4.99 Å². The molecule has 0 unspecified atom stereocenters. The Hall–Kier alpha value is -2.77. The molecule has 0 fully saturated rings. The number of nitrogens with one attached hydrogen (secondary N) is 3. The standard InChI is InChI=1S/C19H31N5O3/c1-19(2,17(26)20-3)13-23-18(22-12-16(25)24(4)5)21-11-14-7-9-15(27-6)10-8-14/h7-10H,11-13H2,1-6H3,(H,20,26)(H2,21,22,23). The summed E-state index contributed by atoms with van der Waals surface area (Å²) in [4.78, 5) is 29.8. The summed E-state index contributed by atoms with van der Waals surface area (Å²) in [7, 11) is 6.62. The number of benzene rings is 1. The summed E-state index contributed by atoms with van der Waals surface area (Å²) in [5.41, 5.74) is 0.379. The van der Waals surface area contributed by atoms with Crippen molar-refractivity contribution >= 4 is 17.8 Å². The van der Waals surface area contributed by atoms with Gasteiger partial charge in [0.25, 0.3) is 0 Å². The van der Waals surface area contributed by atoms with Crippen molar-refractivity contribution in [2.24, 2.45) is 10.4 Å². The Morgan fingerprint density at radius 3 is 2.30 bits per heavy atom. The van der Waals surface area contributed by atoms with E-state index in [1.54, 1.807) is 28.3 Å². The van der Waals surface area contributed by atoms with Gasteiger partial charge in [-0.2, -0.15) is 0 Å². The molecule has 0 aliphatic rings. The van der Waals surface area contributed by atoms with E-state index in [-0.39, 0.29) is 18.4 Å². The van der Waals surface area contributed by atoms with Gasteiger partial charge in [-0.05, 0) is 31.5 Å². The number of likely N-dealkylation sites (N-methyl/N-ethyl adjacent to an activating group) is 1. The van der Waals surface area contributed by atoms with Crippen molar-refractivity contribution in [1.29, 1.82) is 0 Å². The van der Waals surface area contributed by atoms with Crippen LogP contribution in [0.5, 0.6) is 5.75 Å². The number of nitrogens with zero attached hydrogens (tertiary/aromatic N) is 2. The quantitative estimate of drug-likeness (QED) is 0.455. The lowest BCUT2D eigenvalue weighted by Crippen LogP contribution is -2.48. The van der Waals surface area contributed by atoms with Gasteiger partial charge >= 0.3 is 0 Å². The first-order valence-electron chi connectivity index (χ1n) is 8.77. The van der Waals surface area contributed by atoms with Crippen molar-refractivity contribution in [2.75, 3.05) is 41.3 Å². The fourth-order valence-corrected chi connectivity index (χ4v) is 2.12. The van der Waals surface area contributed by atoms with Gasteiger partial charge in [0, 0.05) is 27.7 Å². The summed E-state index contributed by atoms with van der Waals surface area (Å²) >= 11 is 0. The number of guanidine groups is 1. The van der Waals surface area contributed by atoms with Crippen LogP contribution >= 0.6 is 0 Å². The Bertz CT molecular complexity index is 654. The third kappa shape index (κ3) is 7.55. The molecule has 8 nitrogen and oxygen atoms in total. The number of ether oxygens (including phenoxy) is 1. The van der Waals surface area contributed by atoms with Crippen LogP contribution < -0.4 is 20.7 Å². The molecule has 0 radical (unpaired) electrons. The first kappa shape index (κ1) is 22.3. The van der Waals surface area contributed by atoms with E-state index in [9.17, 15) is 9.59 Å². The Kier molecular flexibility index (Phi) is 8.58. The minimum absolute atomic E-state index is 0.0699. The lowest BCUT2D eigenvalue weighted by Gasteiger charge is -2.24. The van der Waals surface area contributed by atoms with Crippen LogP contribution in [0.25, 0.3) is 0 Å². The van der Waals surface area contributed by atoms with E-state index in [0.717, 1.165) is 11.3 Å². The highest BCUT2D eigenvalue weighted by Crippen LogP contribution is 2.13. The molecule has 0 heterocycles. The van der Waals surface area contributed by atoms with Crippen molar-refractivity contribution in [1.82, 2.24) is 20.9 Å². The Morgan fingerprint density at radius 1 is 1.15 bits per heavy atom. The summed E-state index contributed by atoms with van der Waals surface area (Å²) in [5, 5.41) is 8.81. The second-order valence-electron chi connectivity index (χ2n) is 6.97. The van der Waals surface area contributed by atoms with Crippen LogP contribution in [0.4, 0.5) is 0 Å². The molecule has 0 bridgehead atoms. The van der Waals surface area contributed by atoms with Gasteiger partial charge < -0.3 is 25.6 Å². The number of rotatable bonds is 8. The zero-order valence-corrected chi connectivity index (χ0v) is 17.0. The molecule has 8 heteroatoms. The van der Waals surface area contributed by atoms with E-state index in [4.69, 9.17) is 4.74 Å². The maximum Gasteiger partial charge on any atom is 0.241 e. The van der Waals surface area contributed by atoms with Crippen LogP contribution in [0, 0.1) is 5.41 Å². The molecule has 1 rings (SSSR count). The predicted molar refractivity (Wildman–Crippen MR) is 107 cm³/mol. The third-order valence-corrected chi connectivity index (χ3v) is 4.02. The van der Waals surface area contributed by atoms with E-state index in [0.29, 0.717) is 19.0 Å². The number of carbonyl (C=O) groups is 2. The molecular weight excluding hydrogens is 346 g/mol. The van der Waals surface area contributed by atoms with Crippen LogP contribution in [0.1, 0.15) is 19.4 Å². The molecule has 3 N–H and O–H groups in total. The fraction of sp³-hybridized carbons (Fsp3) is 0.526. The molecule has 0 saturated carbocycles. The summed E-state index contributed by atoms with van der Waals surface area (Å²) < 4.78 is 5.15. The maximum absolute atomic E-state index is 12.0. The predicted octanol–water partition coefficient (Wildman–Crippen LogP) is 0.591. The first-order valence-corrected chi connectivity index (χ1v) is 8.77. The van der Waals surface area contributed by atoms with Gasteiger partial charge in [-0.15, -0.1) is 0 Å². The number of amides is 2. The molecule has 0 saturated heterocycles. The van der Waals surface area contributed by atoms with Gasteiger partial charge in [-0.1, -0.05) is 12.1 Å². The minimum Gasteiger partial charge on any atom is -0.497 e. The summed E-state index contributed by atoms with van der Waals surface area (Å²) in [5.74, 6) is 1.11. The highest BCUT2D eigenvalue weighted by Gasteiger charge is 2.26. The number of hydrogen-bond donors (Lipinski definition) is 3. The van der Waals surface area contributed by atoms with Gasteiger partial charge in [0.2, 0.25) is 11.8 Å². The average molecular weight is 377 g/mol. The van der Waals surface area contributed by atoms with Crippen molar-refractivity contribution in [3.8, 4) is 5.75 Å². The SMILES string of the molecule is CNC(=O)C(C)(C)CNC(=NCc1ccc(OC)cc1)NCC(=O)N(C)C. The van der Waals surface area contributed by atoms with E-state index in [2.05, 4.69) is 20.9 Å². The third-order valence-electron chi connectivity index (χ3n) is 4.02. The monoisotopic (exact) mass is 377 g/mol. The molecular formula is C19H31N5O3. The van der Waals surface area contributed by atoms with Crippen LogP contribution in [-0.2, 0) is 16.1 Å². The molecule has 0 aromatic heterocycles. The lowest BCUT2D eigenvalue weighted by molar-refractivity contribution is -0.129. The van der Waals surface area contributed by atoms with Gasteiger partial charge in [-0.3, -0.25) is 9.59 Å². The highest BCUT2D eigenvalue weighted by molar-refractivity contribution is 5.87. The Balaban J connectivity index is 2.81. The topological polar surface area (TPSA) is 95.1 Å². The largest absolute Gasteiger partial charge is 0.497 e. The number of aliphatic imine (C=N–C) groups is 1. The van der Waals surface area contributed by atoms with Crippen LogP contribution in [0.2, 0.25) is 0 Å². The van der Waals surface area contributed by atoms with Gasteiger partial charge in [0.05, 0.1) is 25.6 Å². The summed E-state index contributed by atoms with van der Waals surface area (Å²) in [6, 6.07) is 7.60. The molecule has 0 aliphatic heterocycles. The second kappa shape index (κ2) is 10.4. The number of methoxy groups -OCH3 is 1. The van der Waals surface area contributed by atoms with E-state index < -0.39 is 5.41 Å². The van der Waals surface area contributed by atoms with Gasteiger partial charge in [0.15, 0.2) is 5.96 Å². The molecule has 1 aromatic carbocycles. The molecule has 150 valence electrons.